The van der Waals surface area contributed by atoms with Crippen molar-refractivity contribution in [2.45, 2.75) is 24.4 Å². The Morgan fingerprint density at radius 3 is 2.25 bits per heavy atom. The number of amides is 1. The van der Waals surface area contributed by atoms with Gasteiger partial charge in [-0.25, -0.2) is 4.98 Å². The first-order chi connectivity index (χ1) is 12.8. The molecule has 154 valence electrons. The van der Waals surface area contributed by atoms with E-state index in [0.717, 1.165) is 35.0 Å². The molecule has 2 rings (SSSR count). The van der Waals surface area contributed by atoms with Gasteiger partial charge in [-0.05, 0) is 24.3 Å². The number of hydrogen-bond donors (Lipinski definition) is 2. The number of aliphatic hydroxyl groups is 1. The second kappa shape index (κ2) is 7.70. The van der Waals surface area contributed by atoms with E-state index in [0.29, 0.717) is 0 Å². The van der Waals surface area contributed by atoms with Crippen molar-refractivity contribution in [2.75, 3.05) is 11.9 Å². The number of rotatable bonds is 6. The average Bonchev–Trinajstić information content (AvgIpc) is 2.99. The summed E-state index contributed by atoms with van der Waals surface area (Å²) in [5.41, 5.74) is -3.51. The highest BCUT2D eigenvalue weighted by Crippen LogP contribution is 2.40. The molecule has 0 aliphatic carbocycles. The lowest BCUT2D eigenvalue weighted by molar-refractivity contribution is -0.270. The summed E-state index contributed by atoms with van der Waals surface area (Å²) in [5, 5.41) is 12.3. The number of hydrogen-bond acceptors (Lipinski definition) is 4. The van der Waals surface area contributed by atoms with Crippen molar-refractivity contribution in [2.24, 2.45) is 7.05 Å². The minimum absolute atomic E-state index is 0.00808. The topological polar surface area (TPSA) is 76.4 Å². The second-order valence-corrected chi connectivity index (χ2v) is 5.87. The van der Waals surface area contributed by atoms with Gasteiger partial charge in [-0.1, -0.05) is 0 Å². The third-order valence-electron chi connectivity index (χ3n) is 3.62. The number of nitrogens with one attached hydrogen (secondary N) is 1. The molecule has 0 spiro atoms. The second-order valence-electron chi connectivity index (χ2n) is 5.87. The summed E-state index contributed by atoms with van der Waals surface area (Å²) in [6, 6.07) is 4.51. The zero-order chi connectivity index (χ0) is 21.2. The smallest absolute Gasteiger partial charge is 0.425 e. The minimum atomic E-state index is -5.18. The van der Waals surface area contributed by atoms with Gasteiger partial charge in [-0.2, -0.15) is 26.3 Å². The van der Waals surface area contributed by atoms with Crippen LogP contribution in [0.3, 0.4) is 0 Å². The molecule has 1 aromatic carbocycles. The maximum Gasteiger partial charge on any atom is 0.425 e. The van der Waals surface area contributed by atoms with Crippen LogP contribution in [-0.4, -0.2) is 39.5 Å². The van der Waals surface area contributed by atoms with E-state index in [-0.39, 0.29) is 11.4 Å². The molecule has 0 saturated heterocycles. The predicted octanol–water partition coefficient (Wildman–Crippen LogP) is 3.14. The molecule has 2 aromatic rings. The third kappa shape index (κ3) is 5.15. The van der Waals surface area contributed by atoms with Gasteiger partial charge in [-0.15, -0.1) is 0 Å². The van der Waals surface area contributed by atoms with Crippen LogP contribution in [0.4, 0.5) is 32.0 Å². The maximum atomic E-state index is 13.4. The van der Waals surface area contributed by atoms with Gasteiger partial charge in [0.25, 0.3) is 0 Å². The summed E-state index contributed by atoms with van der Waals surface area (Å²) in [6.07, 6.45) is -8.85. The van der Waals surface area contributed by atoms with Crippen LogP contribution >= 0.6 is 0 Å². The molecule has 2 N–H and O–H groups in total. The number of halogens is 6. The Morgan fingerprint density at radius 2 is 1.79 bits per heavy atom. The van der Waals surface area contributed by atoms with Gasteiger partial charge < -0.3 is 19.7 Å². The molecule has 1 aromatic heterocycles. The van der Waals surface area contributed by atoms with E-state index in [1.54, 1.807) is 0 Å². The molecule has 0 aliphatic heterocycles. The lowest BCUT2D eigenvalue weighted by Gasteiger charge is -2.29. The Hall–Kier alpha value is -2.76. The maximum absolute atomic E-state index is 13.4. The molecule has 0 saturated carbocycles. The zero-order valence-electron chi connectivity index (χ0n) is 14.3. The van der Waals surface area contributed by atoms with Crippen molar-refractivity contribution < 1.29 is 41.0 Å². The minimum Gasteiger partial charge on any atom is -0.484 e. The fraction of sp³-hybridized carbons (Fsp3) is 0.375. The summed E-state index contributed by atoms with van der Waals surface area (Å²) in [5.74, 6) is -2.08. The molecule has 28 heavy (non-hydrogen) atoms. The van der Waals surface area contributed by atoms with Gasteiger partial charge in [0.05, 0.1) is 6.42 Å². The SMILES string of the molecule is Cn1ccnc1C(O)(CC(=O)Nc1ccc(OCC(F)(F)F)cc1)C(F)(F)F. The molecular formula is C16H15F6N3O3. The number of carbonyl (C=O) groups is 1. The van der Waals surface area contributed by atoms with Crippen molar-refractivity contribution in [3.05, 3.63) is 42.5 Å². The monoisotopic (exact) mass is 411 g/mol. The van der Waals surface area contributed by atoms with Gasteiger partial charge in [-0.3, -0.25) is 4.79 Å². The zero-order valence-corrected chi connectivity index (χ0v) is 14.3. The van der Waals surface area contributed by atoms with Crippen molar-refractivity contribution in [1.82, 2.24) is 9.55 Å². The van der Waals surface area contributed by atoms with Crippen molar-refractivity contribution in [3.63, 3.8) is 0 Å². The Labute approximate surface area is 154 Å². The lowest BCUT2D eigenvalue weighted by Crippen LogP contribution is -2.46. The number of benzene rings is 1. The molecule has 0 aliphatic rings. The van der Waals surface area contributed by atoms with Gasteiger partial charge >= 0.3 is 12.4 Å². The van der Waals surface area contributed by atoms with E-state index in [1.165, 1.54) is 13.2 Å². The molecule has 1 amide bonds. The summed E-state index contributed by atoms with van der Waals surface area (Å²) in [7, 11) is 1.23. The number of nitrogens with zero attached hydrogens (tertiary/aromatic N) is 2. The fourth-order valence-electron chi connectivity index (χ4n) is 2.31. The molecule has 12 heteroatoms. The number of anilines is 1. The number of aromatic nitrogens is 2. The van der Waals surface area contributed by atoms with Gasteiger partial charge in [0, 0.05) is 25.1 Å². The summed E-state index contributed by atoms with van der Waals surface area (Å²) in [6.45, 7) is -1.51. The van der Waals surface area contributed by atoms with Crippen molar-refractivity contribution in [1.29, 1.82) is 0 Å². The predicted molar refractivity (Wildman–Crippen MR) is 84.4 cm³/mol. The molecule has 1 atom stereocenters. The molecule has 6 nitrogen and oxygen atoms in total. The highest BCUT2D eigenvalue weighted by atomic mass is 19.4. The number of aryl methyl sites for hydroxylation is 1. The van der Waals surface area contributed by atoms with Crippen LogP contribution in [0.5, 0.6) is 5.75 Å². The summed E-state index contributed by atoms with van der Waals surface area (Å²) in [4.78, 5) is 15.5. The van der Waals surface area contributed by atoms with Crippen LogP contribution in [0.2, 0.25) is 0 Å². The standard InChI is InChI=1S/C16H15F6N3O3/c1-25-7-6-23-13(25)14(27,16(20,21)22)8-12(26)24-10-2-4-11(5-3-10)28-9-15(17,18)19/h2-7,27H,8-9H2,1H3,(H,24,26). The van der Waals surface area contributed by atoms with Crippen LogP contribution in [0, 0.1) is 0 Å². The van der Waals surface area contributed by atoms with Gasteiger partial charge in [0.1, 0.15) is 5.75 Å². The van der Waals surface area contributed by atoms with E-state index in [9.17, 15) is 36.2 Å². The van der Waals surface area contributed by atoms with Crippen LogP contribution in [0.15, 0.2) is 36.7 Å². The van der Waals surface area contributed by atoms with E-state index in [1.807, 2.05) is 0 Å². The molecular weight excluding hydrogens is 396 g/mol. The van der Waals surface area contributed by atoms with Crippen molar-refractivity contribution in [3.8, 4) is 5.75 Å². The van der Waals surface area contributed by atoms with Crippen LogP contribution in [0.1, 0.15) is 12.2 Å². The highest BCUT2D eigenvalue weighted by Gasteiger charge is 2.58. The van der Waals surface area contributed by atoms with Gasteiger partial charge in [0.15, 0.2) is 12.4 Å². The molecule has 0 radical (unpaired) electrons. The molecule has 1 unspecified atom stereocenters. The van der Waals surface area contributed by atoms with Crippen LogP contribution in [0.25, 0.3) is 0 Å². The Morgan fingerprint density at radius 1 is 1.18 bits per heavy atom. The first-order valence-electron chi connectivity index (χ1n) is 7.68. The highest BCUT2D eigenvalue weighted by molar-refractivity contribution is 5.91. The normalized spacial score (nSPS) is 14.4. The van der Waals surface area contributed by atoms with Gasteiger partial charge in [0.2, 0.25) is 11.5 Å². The van der Waals surface area contributed by atoms with Crippen molar-refractivity contribution >= 4 is 11.6 Å². The molecule has 0 fully saturated rings. The number of ether oxygens (including phenoxy) is 1. The fourth-order valence-corrected chi connectivity index (χ4v) is 2.31. The summed E-state index contributed by atoms with van der Waals surface area (Å²) >= 11 is 0. The van der Waals surface area contributed by atoms with Crippen LogP contribution < -0.4 is 10.1 Å². The Kier molecular flexibility index (Phi) is 5.92. The quantitative estimate of drug-likeness (QED) is 0.717. The average molecular weight is 411 g/mol. The first kappa shape index (κ1) is 21.5. The van der Waals surface area contributed by atoms with E-state index in [2.05, 4.69) is 15.0 Å². The Balaban J connectivity index is 2.08. The number of carbonyl (C=O) groups excluding carboxylic acids is 1. The largest absolute Gasteiger partial charge is 0.484 e. The molecule has 0 bridgehead atoms. The first-order valence-corrected chi connectivity index (χ1v) is 7.68. The van der Waals surface area contributed by atoms with E-state index in [4.69, 9.17) is 0 Å². The number of imidazole rings is 1. The number of alkyl halides is 6. The van der Waals surface area contributed by atoms with Crippen LogP contribution in [-0.2, 0) is 17.4 Å². The lowest BCUT2D eigenvalue weighted by atomic mass is 9.97. The van der Waals surface area contributed by atoms with E-state index >= 15 is 0 Å². The summed E-state index contributed by atoms with van der Waals surface area (Å²) < 4.78 is 81.8. The molecule has 1 heterocycles. The Bertz CT molecular complexity index is 816. The van der Waals surface area contributed by atoms with E-state index < -0.39 is 42.7 Å². The third-order valence-corrected chi connectivity index (χ3v) is 3.62.